The van der Waals surface area contributed by atoms with Crippen LogP contribution in [0.25, 0.3) is 5.69 Å². The Morgan fingerprint density at radius 2 is 1.61 bits per heavy atom. The summed E-state index contributed by atoms with van der Waals surface area (Å²) >= 11 is 7.70. The van der Waals surface area contributed by atoms with E-state index in [9.17, 15) is 9.59 Å². The largest absolute Gasteiger partial charge is 0.333 e. The van der Waals surface area contributed by atoms with Crippen molar-refractivity contribution < 1.29 is 9.59 Å². The summed E-state index contributed by atoms with van der Waals surface area (Å²) in [5.41, 5.74) is 3.72. The molecule has 1 aliphatic rings. The van der Waals surface area contributed by atoms with Crippen LogP contribution in [0, 0.1) is 0 Å². The monoisotopic (exact) mass is 543 g/mol. The van der Waals surface area contributed by atoms with Gasteiger partial charge in [0.25, 0.3) is 0 Å². The predicted molar refractivity (Wildman–Crippen MR) is 155 cm³/mol. The maximum Gasteiger partial charge on any atom is 0.247 e. The maximum atomic E-state index is 14.2. The van der Waals surface area contributed by atoms with E-state index in [-0.39, 0.29) is 24.4 Å². The average molecular weight is 544 g/mol. The van der Waals surface area contributed by atoms with Crippen molar-refractivity contribution in [2.24, 2.45) is 0 Å². The molecule has 38 heavy (non-hydrogen) atoms. The summed E-state index contributed by atoms with van der Waals surface area (Å²) in [5.74, 6) is 0.150. The number of carbonyl (C=O) groups is 2. The quantitative estimate of drug-likeness (QED) is 0.214. The zero-order valence-electron chi connectivity index (χ0n) is 21.3. The molecule has 3 aromatic carbocycles. The standard InChI is InChI=1S/C31H30ClN3O2S/c1-2-3-19-33(30(37)22-38-25-10-5-4-6-11-25)21-29(36)35-27-13-8-7-12-26(27)34-20-9-14-28(34)31(35)23-15-17-24(32)18-16-23/h4-18,20,31H,2-3,19,21-22H2,1H3. The number of rotatable bonds is 9. The van der Waals surface area contributed by atoms with E-state index in [1.165, 1.54) is 11.8 Å². The second-order valence-corrected chi connectivity index (χ2v) is 10.8. The molecular weight excluding hydrogens is 514 g/mol. The molecule has 5 rings (SSSR count). The second-order valence-electron chi connectivity index (χ2n) is 9.28. The third kappa shape index (κ3) is 5.52. The van der Waals surface area contributed by atoms with Crippen LogP contribution in [0.1, 0.15) is 37.1 Å². The van der Waals surface area contributed by atoms with Gasteiger partial charge in [-0.05, 0) is 60.5 Å². The molecule has 5 nitrogen and oxygen atoms in total. The fraction of sp³-hybridized carbons (Fsp3) is 0.226. The third-order valence-electron chi connectivity index (χ3n) is 6.74. The van der Waals surface area contributed by atoms with Crippen molar-refractivity contribution >= 4 is 40.9 Å². The molecule has 0 radical (unpaired) electrons. The van der Waals surface area contributed by atoms with Crippen molar-refractivity contribution in [1.82, 2.24) is 9.47 Å². The Labute approximate surface area is 233 Å². The van der Waals surface area contributed by atoms with Crippen molar-refractivity contribution in [3.05, 3.63) is 113 Å². The number of aromatic nitrogens is 1. The highest BCUT2D eigenvalue weighted by atomic mass is 35.5. The summed E-state index contributed by atoms with van der Waals surface area (Å²) in [5, 5.41) is 0.644. The number of carbonyl (C=O) groups excluding carboxylic acids is 2. The minimum absolute atomic E-state index is 0.0211. The van der Waals surface area contributed by atoms with E-state index in [1.54, 1.807) is 4.90 Å². The van der Waals surface area contributed by atoms with Gasteiger partial charge in [0.2, 0.25) is 11.8 Å². The number of hydrogen-bond donors (Lipinski definition) is 0. The number of hydrogen-bond acceptors (Lipinski definition) is 3. The lowest BCUT2D eigenvalue weighted by Gasteiger charge is -2.39. The molecule has 4 aromatic rings. The molecule has 2 heterocycles. The Kier molecular flexibility index (Phi) is 8.20. The molecule has 1 aliphatic heterocycles. The smallest absolute Gasteiger partial charge is 0.247 e. The average Bonchev–Trinajstić information content (AvgIpc) is 3.44. The molecule has 0 saturated carbocycles. The number of para-hydroxylation sites is 2. The number of fused-ring (bicyclic) bond motifs is 3. The number of benzene rings is 3. The van der Waals surface area contributed by atoms with E-state index < -0.39 is 0 Å². The van der Waals surface area contributed by atoms with Crippen LogP contribution in [0.3, 0.4) is 0 Å². The van der Waals surface area contributed by atoms with Crippen LogP contribution in [0.15, 0.2) is 102 Å². The number of thioether (sulfide) groups is 1. The molecule has 1 unspecified atom stereocenters. The molecule has 0 N–H and O–H groups in total. The summed E-state index contributed by atoms with van der Waals surface area (Å²) < 4.78 is 2.13. The Bertz CT molecular complexity index is 1400. The summed E-state index contributed by atoms with van der Waals surface area (Å²) in [6, 6.07) is 29.1. The van der Waals surface area contributed by atoms with Gasteiger partial charge in [-0.2, -0.15) is 0 Å². The summed E-state index contributed by atoms with van der Waals surface area (Å²) in [7, 11) is 0. The van der Waals surface area contributed by atoms with Crippen LogP contribution >= 0.6 is 23.4 Å². The molecular formula is C31H30ClN3O2S. The first kappa shape index (κ1) is 26.1. The first-order chi connectivity index (χ1) is 18.6. The second kappa shape index (κ2) is 11.9. The van der Waals surface area contributed by atoms with Crippen molar-refractivity contribution in [3.63, 3.8) is 0 Å². The highest BCUT2D eigenvalue weighted by Gasteiger charge is 2.36. The van der Waals surface area contributed by atoms with Crippen molar-refractivity contribution in [3.8, 4) is 5.69 Å². The Morgan fingerprint density at radius 3 is 2.34 bits per heavy atom. The van der Waals surface area contributed by atoms with Gasteiger partial charge in [-0.25, -0.2) is 0 Å². The summed E-state index contributed by atoms with van der Waals surface area (Å²) in [4.78, 5) is 32.1. The van der Waals surface area contributed by atoms with Gasteiger partial charge in [0.15, 0.2) is 0 Å². The Morgan fingerprint density at radius 1 is 0.895 bits per heavy atom. The molecule has 0 aliphatic carbocycles. The van der Waals surface area contributed by atoms with Gasteiger partial charge in [0, 0.05) is 22.7 Å². The van der Waals surface area contributed by atoms with Crippen LogP contribution in [-0.2, 0) is 9.59 Å². The molecule has 194 valence electrons. The number of unbranched alkanes of at least 4 members (excludes halogenated alkanes) is 1. The van der Waals surface area contributed by atoms with Crippen LogP contribution in [0.5, 0.6) is 0 Å². The molecule has 0 fully saturated rings. The van der Waals surface area contributed by atoms with Crippen molar-refractivity contribution in [2.75, 3.05) is 23.7 Å². The molecule has 0 saturated heterocycles. The lowest BCUT2D eigenvalue weighted by molar-refractivity contribution is -0.133. The third-order valence-corrected chi connectivity index (χ3v) is 7.99. The maximum absolute atomic E-state index is 14.2. The lowest BCUT2D eigenvalue weighted by atomic mass is 9.97. The fourth-order valence-electron chi connectivity index (χ4n) is 4.86. The van der Waals surface area contributed by atoms with Crippen LogP contribution in [-0.4, -0.2) is 40.1 Å². The van der Waals surface area contributed by atoms with Gasteiger partial charge in [0.1, 0.15) is 12.6 Å². The number of nitrogens with zero attached hydrogens (tertiary/aromatic N) is 3. The molecule has 7 heteroatoms. The highest BCUT2D eigenvalue weighted by molar-refractivity contribution is 8.00. The Hall–Kier alpha value is -3.48. The van der Waals surface area contributed by atoms with E-state index in [0.29, 0.717) is 17.3 Å². The van der Waals surface area contributed by atoms with Gasteiger partial charge < -0.3 is 9.47 Å². The van der Waals surface area contributed by atoms with E-state index in [1.807, 2.05) is 102 Å². The van der Waals surface area contributed by atoms with Crippen molar-refractivity contribution in [1.29, 1.82) is 0 Å². The number of anilines is 1. The highest BCUT2D eigenvalue weighted by Crippen LogP contribution is 2.42. The number of halogens is 1. The predicted octanol–water partition coefficient (Wildman–Crippen LogP) is 6.99. The molecule has 2 amide bonds. The molecule has 1 atom stereocenters. The summed E-state index contributed by atoms with van der Waals surface area (Å²) in [6.45, 7) is 2.66. The SMILES string of the molecule is CCCCN(CC(=O)N1c2ccccc2-n2cccc2C1c1ccc(Cl)cc1)C(=O)CSc1ccccc1. The topological polar surface area (TPSA) is 45.6 Å². The van der Waals surface area contributed by atoms with Gasteiger partial charge in [0.05, 0.1) is 22.8 Å². The van der Waals surface area contributed by atoms with Gasteiger partial charge in [-0.1, -0.05) is 67.4 Å². The van der Waals surface area contributed by atoms with Crippen molar-refractivity contribution in [2.45, 2.75) is 30.7 Å². The van der Waals surface area contributed by atoms with E-state index in [0.717, 1.165) is 40.4 Å². The first-order valence-electron chi connectivity index (χ1n) is 12.9. The van der Waals surface area contributed by atoms with Gasteiger partial charge in [-0.15, -0.1) is 11.8 Å². The van der Waals surface area contributed by atoms with E-state index >= 15 is 0 Å². The summed E-state index contributed by atoms with van der Waals surface area (Å²) in [6.07, 6.45) is 3.81. The van der Waals surface area contributed by atoms with Gasteiger partial charge >= 0.3 is 0 Å². The minimum atomic E-state index is -0.341. The zero-order valence-corrected chi connectivity index (χ0v) is 22.9. The van der Waals surface area contributed by atoms with Crippen LogP contribution < -0.4 is 4.90 Å². The van der Waals surface area contributed by atoms with Crippen LogP contribution in [0.4, 0.5) is 5.69 Å². The first-order valence-corrected chi connectivity index (χ1v) is 14.2. The minimum Gasteiger partial charge on any atom is -0.333 e. The fourth-order valence-corrected chi connectivity index (χ4v) is 5.80. The zero-order chi connectivity index (χ0) is 26.5. The lowest BCUT2D eigenvalue weighted by Crippen LogP contribution is -2.47. The van der Waals surface area contributed by atoms with Crippen LogP contribution in [0.2, 0.25) is 5.02 Å². The molecule has 1 aromatic heterocycles. The molecule has 0 bridgehead atoms. The van der Waals surface area contributed by atoms with E-state index in [4.69, 9.17) is 11.6 Å². The normalized spacial score (nSPS) is 14.1. The molecule has 0 spiro atoms. The number of amides is 2. The Balaban J connectivity index is 1.46. The van der Waals surface area contributed by atoms with Gasteiger partial charge in [-0.3, -0.25) is 14.5 Å². The van der Waals surface area contributed by atoms with E-state index in [2.05, 4.69) is 11.5 Å².